The van der Waals surface area contributed by atoms with E-state index in [1.54, 1.807) is 7.11 Å². The summed E-state index contributed by atoms with van der Waals surface area (Å²) in [4.78, 5) is 16.9. The summed E-state index contributed by atoms with van der Waals surface area (Å²) in [6, 6.07) is 0. The van der Waals surface area contributed by atoms with E-state index >= 15 is 0 Å². The van der Waals surface area contributed by atoms with Crippen molar-refractivity contribution in [2.24, 2.45) is 4.99 Å². The number of nitrogens with one attached hydrogen (secondary N) is 3. The summed E-state index contributed by atoms with van der Waals surface area (Å²) < 4.78 is 15.8. The molecule has 0 aromatic carbocycles. The van der Waals surface area contributed by atoms with E-state index in [-0.39, 0.29) is 24.0 Å². The molecule has 0 saturated heterocycles. The normalized spacial score (nSPS) is 12.2. The molecule has 0 aromatic rings. The van der Waals surface area contributed by atoms with Crippen LogP contribution in [0.2, 0.25) is 0 Å². The molecule has 0 spiro atoms. The van der Waals surface area contributed by atoms with Gasteiger partial charge < -0.3 is 30.2 Å². The first kappa shape index (κ1) is 30.4. The Morgan fingerprint density at radius 1 is 1.00 bits per heavy atom. The Labute approximate surface area is 194 Å². The molecule has 3 N–H and O–H groups in total. The Bertz CT molecular complexity index is 452. The second-order valence-electron chi connectivity index (χ2n) is 7.69. The summed E-state index contributed by atoms with van der Waals surface area (Å²) in [5.74, 6) is 0.733. The summed E-state index contributed by atoms with van der Waals surface area (Å²) in [6.07, 6.45) is 1.99. The molecule has 0 fully saturated rings. The van der Waals surface area contributed by atoms with E-state index in [0.29, 0.717) is 26.4 Å². The van der Waals surface area contributed by atoms with Crippen molar-refractivity contribution >= 4 is 36.0 Å². The van der Waals surface area contributed by atoms with Crippen LogP contribution >= 0.6 is 24.0 Å². The zero-order valence-corrected chi connectivity index (χ0v) is 21.7. The minimum Gasteiger partial charge on any atom is -0.444 e. The van der Waals surface area contributed by atoms with Gasteiger partial charge >= 0.3 is 6.09 Å². The molecule has 1 amide bonds. The van der Waals surface area contributed by atoms with E-state index in [2.05, 4.69) is 20.9 Å². The SMILES string of the molecule is CCNC(=NCC(CC)(CC)NC(=O)OC(C)(C)C)NCCCOCCOC.I. The van der Waals surface area contributed by atoms with Crippen LogP contribution in [0, 0.1) is 0 Å². The van der Waals surface area contributed by atoms with Gasteiger partial charge in [0.05, 0.1) is 25.3 Å². The molecule has 29 heavy (non-hydrogen) atoms. The summed E-state index contributed by atoms with van der Waals surface area (Å²) in [5, 5.41) is 9.57. The summed E-state index contributed by atoms with van der Waals surface area (Å²) >= 11 is 0. The van der Waals surface area contributed by atoms with Crippen molar-refractivity contribution in [2.75, 3.05) is 46.6 Å². The fourth-order valence-corrected chi connectivity index (χ4v) is 2.41. The number of methoxy groups -OCH3 is 1. The zero-order valence-electron chi connectivity index (χ0n) is 19.4. The number of amides is 1. The fourth-order valence-electron chi connectivity index (χ4n) is 2.41. The van der Waals surface area contributed by atoms with E-state index in [1.165, 1.54) is 0 Å². The number of halogens is 1. The van der Waals surface area contributed by atoms with Crippen molar-refractivity contribution in [3.8, 4) is 0 Å². The number of guanidine groups is 1. The largest absolute Gasteiger partial charge is 0.444 e. The predicted molar refractivity (Wildman–Crippen MR) is 129 cm³/mol. The maximum absolute atomic E-state index is 12.2. The Kier molecular flexibility index (Phi) is 17.7. The molecule has 0 unspecified atom stereocenters. The van der Waals surface area contributed by atoms with Crippen LogP contribution in [0.4, 0.5) is 4.79 Å². The fraction of sp³-hybridized carbons (Fsp3) is 0.900. The molecule has 174 valence electrons. The van der Waals surface area contributed by atoms with Gasteiger partial charge in [-0.05, 0) is 47.0 Å². The highest BCUT2D eigenvalue weighted by atomic mass is 127. The Balaban J connectivity index is 0. The van der Waals surface area contributed by atoms with E-state index < -0.39 is 17.2 Å². The molecule has 0 aliphatic heterocycles. The number of aliphatic imine (C=N–C) groups is 1. The van der Waals surface area contributed by atoms with Crippen LogP contribution in [-0.4, -0.2) is 69.8 Å². The van der Waals surface area contributed by atoms with Crippen molar-refractivity contribution in [3.63, 3.8) is 0 Å². The molecule has 0 bridgehead atoms. The topological polar surface area (TPSA) is 93.2 Å². The number of ether oxygens (including phenoxy) is 3. The van der Waals surface area contributed by atoms with Crippen LogP contribution < -0.4 is 16.0 Å². The second-order valence-corrected chi connectivity index (χ2v) is 7.69. The number of hydrogen-bond acceptors (Lipinski definition) is 5. The molecule has 0 aromatic heterocycles. The maximum atomic E-state index is 12.2. The molecule has 9 heteroatoms. The van der Waals surface area contributed by atoms with E-state index in [1.807, 2.05) is 41.5 Å². The van der Waals surface area contributed by atoms with Gasteiger partial charge in [-0.1, -0.05) is 13.8 Å². The molecule has 0 radical (unpaired) electrons. The first-order valence-electron chi connectivity index (χ1n) is 10.3. The highest BCUT2D eigenvalue weighted by Gasteiger charge is 2.30. The highest BCUT2D eigenvalue weighted by Crippen LogP contribution is 2.17. The quantitative estimate of drug-likeness (QED) is 0.147. The monoisotopic (exact) mass is 530 g/mol. The number of alkyl carbamates (subject to hydrolysis) is 1. The Morgan fingerprint density at radius 2 is 1.66 bits per heavy atom. The number of carbonyl (C=O) groups excluding carboxylic acids is 1. The standard InChI is InChI=1S/C20H42N4O4.HI/c1-8-20(9-2,24-18(25)28-19(4,5)6)16-23-17(21-10-3)22-12-11-13-27-15-14-26-7;/h8-16H2,1-7H3,(H,24,25)(H2,21,22,23);1H. The van der Waals surface area contributed by atoms with E-state index in [0.717, 1.165) is 38.3 Å². The first-order valence-corrected chi connectivity index (χ1v) is 10.3. The van der Waals surface area contributed by atoms with Gasteiger partial charge in [-0.2, -0.15) is 0 Å². The molecule has 0 rings (SSSR count). The molecule has 8 nitrogen and oxygen atoms in total. The third-order valence-corrected chi connectivity index (χ3v) is 4.19. The van der Waals surface area contributed by atoms with Gasteiger partial charge in [0, 0.05) is 26.8 Å². The minimum atomic E-state index is -0.525. The third-order valence-electron chi connectivity index (χ3n) is 4.19. The second kappa shape index (κ2) is 16.9. The van der Waals surface area contributed by atoms with Crippen LogP contribution in [0.25, 0.3) is 0 Å². The highest BCUT2D eigenvalue weighted by molar-refractivity contribution is 14.0. The molecule has 0 heterocycles. The molecule has 0 aliphatic rings. The lowest BCUT2D eigenvalue weighted by molar-refractivity contribution is 0.0452. The van der Waals surface area contributed by atoms with Gasteiger partial charge in [-0.25, -0.2) is 4.79 Å². The van der Waals surface area contributed by atoms with E-state index in [9.17, 15) is 4.79 Å². The molecular weight excluding hydrogens is 487 g/mol. The third kappa shape index (κ3) is 15.7. The maximum Gasteiger partial charge on any atom is 0.408 e. The van der Waals surface area contributed by atoms with Crippen molar-refractivity contribution in [2.45, 2.75) is 71.9 Å². The average molecular weight is 530 g/mol. The van der Waals surface area contributed by atoms with Crippen LogP contribution in [0.5, 0.6) is 0 Å². The number of nitrogens with zero attached hydrogens (tertiary/aromatic N) is 1. The van der Waals surface area contributed by atoms with Crippen molar-refractivity contribution in [1.82, 2.24) is 16.0 Å². The molecular formula is C20H43IN4O4. The lowest BCUT2D eigenvalue weighted by atomic mass is 9.93. The van der Waals surface area contributed by atoms with Crippen molar-refractivity contribution in [3.05, 3.63) is 0 Å². The minimum absolute atomic E-state index is 0. The molecule has 0 saturated carbocycles. The van der Waals surface area contributed by atoms with Gasteiger partial charge in [-0.15, -0.1) is 24.0 Å². The number of hydrogen-bond donors (Lipinski definition) is 3. The van der Waals surface area contributed by atoms with Crippen molar-refractivity contribution in [1.29, 1.82) is 0 Å². The lowest BCUT2D eigenvalue weighted by Crippen LogP contribution is -2.52. The van der Waals surface area contributed by atoms with Gasteiger partial charge in [-0.3, -0.25) is 4.99 Å². The summed E-state index contributed by atoms with van der Waals surface area (Å²) in [7, 11) is 1.66. The van der Waals surface area contributed by atoms with Crippen LogP contribution in [0.1, 0.15) is 60.8 Å². The molecule has 0 aliphatic carbocycles. The van der Waals surface area contributed by atoms with Crippen molar-refractivity contribution < 1.29 is 19.0 Å². The zero-order chi connectivity index (χ0) is 21.5. The van der Waals surface area contributed by atoms with Gasteiger partial charge in [0.25, 0.3) is 0 Å². The predicted octanol–water partition coefficient (Wildman–Crippen LogP) is 3.30. The lowest BCUT2D eigenvalue weighted by Gasteiger charge is -2.32. The smallest absolute Gasteiger partial charge is 0.408 e. The number of carbonyl (C=O) groups is 1. The summed E-state index contributed by atoms with van der Waals surface area (Å²) in [5.41, 5.74) is -0.962. The average Bonchev–Trinajstić information content (AvgIpc) is 2.62. The Hall–Kier alpha value is -0.810. The van der Waals surface area contributed by atoms with Gasteiger partial charge in [0.1, 0.15) is 5.60 Å². The van der Waals surface area contributed by atoms with Crippen LogP contribution in [0.3, 0.4) is 0 Å². The first-order chi connectivity index (χ1) is 13.2. The van der Waals surface area contributed by atoms with Crippen LogP contribution in [-0.2, 0) is 14.2 Å². The van der Waals surface area contributed by atoms with E-state index in [4.69, 9.17) is 14.2 Å². The number of rotatable bonds is 13. The van der Waals surface area contributed by atoms with Gasteiger partial charge in [0.2, 0.25) is 0 Å². The van der Waals surface area contributed by atoms with Crippen LogP contribution in [0.15, 0.2) is 4.99 Å². The molecule has 0 atom stereocenters. The Morgan fingerprint density at radius 3 is 2.17 bits per heavy atom. The summed E-state index contributed by atoms with van der Waals surface area (Å²) in [6.45, 7) is 15.6. The van der Waals surface area contributed by atoms with Gasteiger partial charge in [0.15, 0.2) is 5.96 Å².